The summed E-state index contributed by atoms with van der Waals surface area (Å²) in [6.07, 6.45) is 0. The van der Waals surface area contributed by atoms with E-state index in [1.807, 2.05) is 0 Å². The van der Waals surface area contributed by atoms with Gasteiger partial charge in [-0.1, -0.05) is 202 Å². The quantitative estimate of drug-likeness (QED) is 0.174. The lowest BCUT2D eigenvalue weighted by molar-refractivity contribution is 0.660. The predicted molar refractivity (Wildman–Crippen MR) is 248 cm³/mol. The molecule has 282 valence electrons. The lowest BCUT2D eigenvalue weighted by Gasteiger charge is -2.35. The van der Waals surface area contributed by atoms with Gasteiger partial charge in [-0.25, -0.2) is 9.97 Å². The van der Waals surface area contributed by atoms with Crippen molar-refractivity contribution in [1.29, 1.82) is 0 Å². The van der Waals surface area contributed by atoms with Gasteiger partial charge in [-0.3, -0.25) is 0 Å². The molecule has 0 spiro atoms. The van der Waals surface area contributed by atoms with Crippen LogP contribution in [0.15, 0.2) is 206 Å². The topological polar surface area (TPSA) is 25.8 Å². The summed E-state index contributed by atoms with van der Waals surface area (Å²) in [5.74, 6) is 0.718. The van der Waals surface area contributed by atoms with Crippen LogP contribution >= 0.6 is 0 Å². The van der Waals surface area contributed by atoms with E-state index in [1.54, 1.807) is 0 Å². The molecule has 1 heterocycles. The Labute approximate surface area is 350 Å². The Balaban J connectivity index is 1.10. The maximum Gasteiger partial charge on any atom is 0.161 e. The van der Waals surface area contributed by atoms with E-state index in [-0.39, 0.29) is 5.41 Å². The normalized spacial score (nSPS) is 14.1. The lowest BCUT2D eigenvalue weighted by atomic mass is 9.66. The monoisotopic (exact) mass is 764 g/mol. The van der Waals surface area contributed by atoms with Crippen molar-refractivity contribution in [3.63, 3.8) is 0 Å². The van der Waals surface area contributed by atoms with Gasteiger partial charge in [-0.05, 0) is 95.7 Å². The Kier molecular flexibility index (Phi) is 7.52. The number of hydrogen-bond donors (Lipinski definition) is 0. The van der Waals surface area contributed by atoms with E-state index in [9.17, 15) is 0 Å². The number of aromatic nitrogens is 2. The van der Waals surface area contributed by atoms with Crippen molar-refractivity contribution in [3.8, 4) is 56.0 Å². The molecule has 10 aromatic rings. The van der Waals surface area contributed by atoms with Crippen molar-refractivity contribution < 1.29 is 0 Å². The van der Waals surface area contributed by atoms with E-state index in [4.69, 9.17) is 9.97 Å². The number of rotatable bonds is 5. The molecule has 1 aromatic heterocycles. The Hall–Kier alpha value is -7.42. The van der Waals surface area contributed by atoms with E-state index in [1.165, 1.54) is 72.0 Å². The largest absolute Gasteiger partial charge is 0.228 e. The summed E-state index contributed by atoms with van der Waals surface area (Å²) in [6.45, 7) is 4.68. The first-order chi connectivity index (χ1) is 29.5. The maximum absolute atomic E-state index is 5.53. The fourth-order valence-corrected chi connectivity index (χ4v) is 10.7. The van der Waals surface area contributed by atoms with Crippen molar-refractivity contribution in [2.45, 2.75) is 24.7 Å². The van der Waals surface area contributed by atoms with Gasteiger partial charge in [0.2, 0.25) is 0 Å². The highest BCUT2D eigenvalue weighted by Crippen LogP contribution is 2.59. The molecule has 2 nitrogen and oxygen atoms in total. The zero-order valence-electron chi connectivity index (χ0n) is 33.5. The molecular formula is C58H40N2. The van der Waals surface area contributed by atoms with Crippen molar-refractivity contribution >= 4 is 21.7 Å². The zero-order valence-corrected chi connectivity index (χ0v) is 33.5. The average Bonchev–Trinajstić information content (AvgIpc) is 3.74. The minimum atomic E-state index is -0.506. The fourth-order valence-electron chi connectivity index (χ4n) is 10.7. The number of fused-ring (bicyclic) bond motifs is 9. The second-order valence-electron chi connectivity index (χ2n) is 16.8. The Morgan fingerprint density at radius 1 is 0.350 bits per heavy atom. The summed E-state index contributed by atoms with van der Waals surface area (Å²) < 4.78 is 0. The van der Waals surface area contributed by atoms with Crippen LogP contribution in [-0.4, -0.2) is 9.97 Å². The highest BCUT2D eigenvalue weighted by atomic mass is 14.9. The van der Waals surface area contributed by atoms with Crippen LogP contribution in [0.25, 0.3) is 77.7 Å². The number of para-hydroxylation sites is 1. The van der Waals surface area contributed by atoms with E-state index < -0.39 is 5.41 Å². The Bertz CT molecular complexity index is 3300. The minimum absolute atomic E-state index is 0.119. The molecule has 0 bridgehead atoms. The Morgan fingerprint density at radius 2 is 0.883 bits per heavy atom. The van der Waals surface area contributed by atoms with Gasteiger partial charge in [0, 0.05) is 21.9 Å². The van der Waals surface area contributed by atoms with Gasteiger partial charge in [0.25, 0.3) is 0 Å². The van der Waals surface area contributed by atoms with Crippen LogP contribution in [0.5, 0.6) is 0 Å². The third-order valence-corrected chi connectivity index (χ3v) is 13.4. The maximum atomic E-state index is 5.53. The third kappa shape index (κ3) is 4.82. The molecule has 2 aliphatic carbocycles. The SMILES string of the molecule is CC1(C)c2ccccc2-c2ccc(-c3nc(-c4ccccc4-c4cc5c(c6ccccc46)C(c4ccccc4)(c4ccccc4)c4ccccc4-5)nc4ccccc34)cc21. The summed E-state index contributed by atoms with van der Waals surface area (Å²) >= 11 is 0. The Morgan fingerprint density at radius 3 is 1.60 bits per heavy atom. The molecule has 0 saturated heterocycles. The second-order valence-corrected chi connectivity index (χ2v) is 16.8. The summed E-state index contributed by atoms with van der Waals surface area (Å²) in [5, 5.41) is 3.49. The molecule has 12 rings (SSSR count). The highest BCUT2D eigenvalue weighted by molar-refractivity contribution is 6.09. The standard InChI is InChI=1S/C58H40N2/c1-57(2)50-30-16-13-25-42(50)44-34-33-37(35-52(44)57)55-47-29-15-18-32-53(47)59-56(60-55)46-28-12-10-24-41(46)48-36-49-43-26-14-17-31-51(43)58(38-19-5-3-6-20-38,39-21-7-4-8-22-39)54(49)45-27-11-9-23-40(45)48/h3-36H,1-2H3. The van der Waals surface area contributed by atoms with Crippen molar-refractivity contribution in [1.82, 2.24) is 9.97 Å². The molecule has 0 atom stereocenters. The van der Waals surface area contributed by atoms with Gasteiger partial charge in [0.15, 0.2) is 5.82 Å². The van der Waals surface area contributed by atoms with Gasteiger partial charge >= 0.3 is 0 Å². The van der Waals surface area contributed by atoms with Crippen LogP contribution in [0.4, 0.5) is 0 Å². The average molecular weight is 765 g/mol. The van der Waals surface area contributed by atoms with Gasteiger partial charge in [-0.15, -0.1) is 0 Å². The van der Waals surface area contributed by atoms with Crippen LogP contribution < -0.4 is 0 Å². The van der Waals surface area contributed by atoms with Crippen LogP contribution in [0.1, 0.15) is 47.2 Å². The molecule has 0 fully saturated rings. The molecule has 0 saturated carbocycles. The molecule has 0 aliphatic heterocycles. The van der Waals surface area contributed by atoms with Gasteiger partial charge in [-0.2, -0.15) is 0 Å². The van der Waals surface area contributed by atoms with Crippen LogP contribution in [-0.2, 0) is 10.8 Å². The molecule has 2 heteroatoms. The molecule has 0 amide bonds. The summed E-state index contributed by atoms with van der Waals surface area (Å²) in [5.41, 5.74) is 18.6. The number of benzene rings is 9. The van der Waals surface area contributed by atoms with Gasteiger partial charge in [0.05, 0.1) is 16.6 Å². The fraction of sp³-hybridized carbons (Fsp3) is 0.0690. The molecule has 0 radical (unpaired) electrons. The first kappa shape index (κ1) is 34.6. The smallest absolute Gasteiger partial charge is 0.161 e. The predicted octanol–water partition coefficient (Wildman–Crippen LogP) is 14.5. The van der Waals surface area contributed by atoms with Gasteiger partial charge in [0.1, 0.15) is 0 Å². The summed E-state index contributed by atoms with van der Waals surface area (Å²) in [4.78, 5) is 10.9. The summed E-state index contributed by atoms with van der Waals surface area (Å²) in [6, 6.07) is 75.5. The number of hydrogen-bond acceptors (Lipinski definition) is 2. The van der Waals surface area contributed by atoms with E-state index >= 15 is 0 Å². The second kappa shape index (κ2) is 13.0. The zero-order chi connectivity index (χ0) is 40.0. The highest BCUT2D eigenvalue weighted by Gasteiger charge is 2.47. The van der Waals surface area contributed by atoms with E-state index in [2.05, 4.69) is 220 Å². The first-order valence-electron chi connectivity index (χ1n) is 20.9. The van der Waals surface area contributed by atoms with Crippen molar-refractivity contribution in [3.05, 3.63) is 240 Å². The van der Waals surface area contributed by atoms with E-state index in [0.29, 0.717) is 0 Å². The van der Waals surface area contributed by atoms with Crippen LogP contribution in [0.3, 0.4) is 0 Å². The molecule has 9 aromatic carbocycles. The number of nitrogens with zero attached hydrogens (tertiary/aromatic N) is 2. The third-order valence-electron chi connectivity index (χ3n) is 13.4. The van der Waals surface area contributed by atoms with Crippen molar-refractivity contribution in [2.24, 2.45) is 0 Å². The molecular weight excluding hydrogens is 725 g/mol. The lowest BCUT2D eigenvalue weighted by Crippen LogP contribution is -2.28. The molecule has 0 unspecified atom stereocenters. The minimum Gasteiger partial charge on any atom is -0.228 e. The van der Waals surface area contributed by atoms with Gasteiger partial charge < -0.3 is 0 Å². The molecule has 2 aliphatic rings. The molecule has 0 N–H and O–H groups in total. The van der Waals surface area contributed by atoms with E-state index in [0.717, 1.165) is 39.1 Å². The first-order valence-corrected chi connectivity index (χ1v) is 20.9. The molecule has 60 heavy (non-hydrogen) atoms. The van der Waals surface area contributed by atoms with Crippen molar-refractivity contribution in [2.75, 3.05) is 0 Å². The van der Waals surface area contributed by atoms with Crippen LogP contribution in [0.2, 0.25) is 0 Å². The summed E-state index contributed by atoms with van der Waals surface area (Å²) in [7, 11) is 0. The van der Waals surface area contributed by atoms with Crippen LogP contribution in [0, 0.1) is 0 Å².